The predicted octanol–water partition coefficient (Wildman–Crippen LogP) is 3.78. The lowest BCUT2D eigenvalue weighted by atomic mass is 10.2. The van der Waals surface area contributed by atoms with Gasteiger partial charge in [-0.3, -0.25) is 4.79 Å². The van der Waals surface area contributed by atoms with E-state index in [2.05, 4.69) is 15.5 Å². The average molecular weight is 360 g/mol. The van der Waals surface area contributed by atoms with Crippen molar-refractivity contribution in [2.24, 2.45) is 0 Å². The molecule has 1 N–H and O–H groups in total. The Morgan fingerprint density at radius 1 is 1.16 bits per heavy atom. The van der Waals surface area contributed by atoms with Crippen LogP contribution in [0, 0.1) is 5.82 Å². The highest BCUT2D eigenvalue weighted by Gasteiger charge is 2.13. The second-order valence-electron chi connectivity index (χ2n) is 5.36. The molecule has 25 heavy (non-hydrogen) atoms. The molecule has 0 aliphatic heterocycles. The van der Waals surface area contributed by atoms with E-state index in [-0.39, 0.29) is 36.0 Å². The lowest BCUT2D eigenvalue weighted by Gasteiger charge is -2.05. The van der Waals surface area contributed by atoms with Crippen LogP contribution in [0.15, 0.2) is 53.1 Å². The predicted molar refractivity (Wildman–Crippen MR) is 91.3 cm³/mol. The van der Waals surface area contributed by atoms with Gasteiger partial charge in [0.05, 0.1) is 5.56 Å². The maximum absolute atomic E-state index is 13.7. The standard InChI is InChI=1S/C18H15ClFN3O2/c19-14-7-3-1-5-12(14)11-21-16(24)9-10-17-22-18(23-25-17)13-6-2-4-8-15(13)20/h1-8H,9-11H2,(H,21,24). The second kappa shape index (κ2) is 7.90. The smallest absolute Gasteiger partial charge is 0.227 e. The molecule has 0 saturated heterocycles. The summed E-state index contributed by atoms with van der Waals surface area (Å²) in [7, 11) is 0. The van der Waals surface area contributed by atoms with Gasteiger partial charge in [-0.15, -0.1) is 0 Å². The summed E-state index contributed by atoms with van der Waals surface area (Å²) in [6.07, 6.45) is 0.458. The molecular formula is C18H15ClFN3O2. The van der Waals surface area contributed by atoms with E-state index in [1.807, 2.05) is 18.2 Å². The van der Waals surface area contributed by atoms with Gasteiger partial charge in [-0.25, -0.2) is 4.39 Å². The lowest BCUT2D eigenvalue weighted by Crippen LogP contribution is -2.23. The van der Waals surface area contributed by atoms with Crippen molar-refractivity contribution in [1.29, 1.82) is 0 Å². The number of hydrogen-bond donors (Lipinski definition) is 1. The molecule has 0 spiro atoms. The summed E-state index contributed by atoms with van der Waals surface area (Å²) < 4.78 is 18.8. The van der Waals surface area contributed by atoms with E-state index in [0.29, 0.717) is 11.6 Å². The quantitative estimate of drug-likeness (QED) is 0.727. The minimum atomic E-state index is -0.424. The number of hydrogen-bond acceptors (Lipinski definition) is 4. The topological polar surface area (TPSA) is 68.0 Å². The summed E-state index contributed by atoms with van der Waals surface area (Å²) in [6, 6.07) is 13.5. The Labute approximate surface area is 148 Å². The van der Waals surface area contributed by atoms with Gasteiger partial charge in [0.15, 0.2) is 0 Å². The van der Waals surface area contributed by atoms with E-state index >= 15 is 0 Å². The maximum atomic E-state index is 13.7. The molecule has 0 unspecified atom stereocenters. The number of nitrogens with zero attached hydrogens (tertiary/aromatic N) is 2. The number of benzene rings is 2. The molecule has 0 bridgehead atoms. The van der Waals surface area contributed by atoms with E-state index in [1.165, 1.54) is 6.07 Å². The fraction of sp³-hybridized carbons (Fsp3) is 0.167. The van der Waals surface area contributed by atoms with Gasteiger partial charge in [0.2, 0.25) is 17.6 Å². The summed E-state index contributed by atoms with van der Waals surface area (Å²) in [5, 5.41) is 7.15. The molecule has 7 heteroatoms. The van der Waals surface area contributed by atoms with E-state index < -0.39 is 5.82 Å². The van der Waals surface area contributed by atoms with Gasteiger partial charge >= 0.3 is 0 Å². The fourth-order valence-corrected chi connectivity index (χ4v) is 2.46. The average Bonchev–Trinajstić information content (AvgIpc) is 3.08. The molecule has 0 saturated carbocycles. The Balaban J connectivity index is 1.53. The molecule has 0 radical (unpaired) electrons. The SMILES string of the molecule is O=C(CCc1nc(-c2ccccc2F)no1)NCc1ccccc1Cl. The highest BCUT2D eigenvalue weighted by atomic mass is 35.5. The largest absolute Gasteiger partial charge is 0.352 e. The monoisotopic (exact) mass is 359 g/mol. The Morgan fingerprint density at radius 3 is 2.72 bits per heavy atom. The first-order chi connectivity index (χ1) is 12.1. The van der Waals surface area contributed by atoms with Crippen molar-refractivity contribution in [3.63, 3.8) is 0 Å². The Morgan fingerprint density at radius 2 is 1.92 bits per heavy atom. The molecule has 1 amide bonds. The fourth-order valence-electron chi connectivity index (χ4n) is 2.25. The van der Waals surface area contributed by atoms with Gasteiger partial charge in [-0.1, -0.05) is 47.1 Å². The van der Waals surface area contributed by atoms with Gasteiger partial charge in [-0.2, -0.15) is 4.98 Å². The molecule has 3 aromatic rings. The van der Waals surface area contributed by atoms with Gasteiger partial charge < -0.3 is 9.84 Å². The highest BCUT2D eigenvalue weighted by molar-refractivity contribution is 6.31. The van der Waals surface area contributed by atoms with Crippen LogP contribution in [-0.2, 0) is 17.8 Å². The van der Waals surface area contributed by atoms with Crippen LogP contribution < -0.4 is 5.32 Å². The Kier molecular flexibility index (Phi) is 5.40. The van der Waals surface area contributed by atoms with Gasteiger partial charge in [-0.05, 0) is 23.8 Å². The maximum Gasteiger partial charge on any atom is 0.227 e. The van der Waals surface area contributed by atoms with Crippen LogP contribution in [0.2, 0.25) is 5.02 Å². The van der Waals surface area contributed by atoms with Crippen molar-refractivity contribution in [1.82, 2.24) is 15.5 Å². The number of rotatable bonds is 6. The number of halogens is 2. The zero-order valence-electron chi connectivity index (χ0n) is 13.2. The van der Waals surface area contributed by atoms with Crippen LogP contribution in [0.3, 0.4) is 0 Å². The summed E-state index contributed by atoms with van der Waals surface area (Å²) in [4.78, 5) is 16.1. The van der Waals surface area contributed by atoms with Crippen molar-refractivity contribution < 1.29 is 13.7 Å². The Bertz CT molecular complexity index is 882. The van der Waals surface area contributed by atoms with E-state index in [4.69, 9.17) is 16.1 Å². The summed E-state index contributed by atoms with van der Waals surface area (Å²) in [5.41, 5.74) is 1.11. The van der Waals surface area contributed by atoms with Crippen LogP contribution >= 0.6 is 11.6 Å². The molecule has 128 valence electrons. The molecule has 2 aromatic carbocycles. The molecule has 3 rings (SSSR count). The third kappa shape index (κ3) is 4.42. The van der Waals surface area contributed by atoms with Crippen molar-refractivity contribution in [2.45, 2.75) is 19.4 Å². The van der Waals surface area contributed by atoms with Gasteiger partial charge in [0.1, 0.15) is 5.82 Å². The lowest BCUT2D eigenvalue weighted by molar-refractivity contribution is -0.121. The summed E-state index contributed by atoms with van der Waals surface area (Å²) in [6.45, 7) is 0.350. The Hall–Kier alpha value is -2.73. The van der Waals surface area contributed by atoms with Crippen LogP contribution in [0.1, 0.15) is 17.9 Å². The zero-order chi connectivity index (χ0) is 17.6. The van der Waals surface area contributed by atoms with Crippen LogP contribution in [-0.4, -0.2) is 16.0 Å². The first-order valence-corrected chi connectivity index (χ1v) is 8.09. The number of aryl methyl sites for hydroxylation is 1. The van der Waals surface area contributed by atoms with Crippen LogP contribution in [0.5, 0.6) is 0 Å². The number of carbonyl (C=O) groups excluding carboxylic acids is 1. The van der Waals surface area contributed by atoms with Crippen LogP contribution in [0.4, 0.5) is 4.39 Å². The summed E-state index contributed by atoms with van der Waals surface area (Å²) >= 11 is 6.04. The minimum Gasteiger partial charge on any atom is -0.352 e. The minimum absolute atomic E-state index is 0.162. The van der Waals surface area contributed by atoms with Crippen molar-refractivity contribution in [2.75, 3.05) is 0 Å². The molecular weight excluding hydrogens is 345 g/mol. The number of aromatic nitrogens is 2. The molecule has 0 fully saturated rings. The molecule has 5 nitrogen and oxygen atoms in total. The number of carbonyl (C=O) groups is 1. The third-order valence-electron chi connectivity index (χ3n) is 3.58. The van der Waals surface area contributed by atoms with E-state index in [9.17, 15) is 9.18 Å². The first-order valence-electron chi connectivity index (χ1n) is 7.71. The van der Waals surface area contributed by atoms with Crippen LogP contribution in [0.25, 0.3) is 11.4 Å². The third-order valence-corrected chi connectivity index (χ3v) is 3.95. The van der Waals surface area contributed by atoms with Gasteiger partial charge in [0, 0.05) is 24.4 Å². The molecule has 1 aromatic heterocycles. The number of amides is 1. The molecule has 1 heterocycles. The van der Waals surface area contributed by atoms with Crippen molar-refractivity contribution in [3.8, 4) is 11.4 Å². The van der Waals surface area contributed by atoms with Crippen molar-refractivity contribution >= 4 is 17.5 Å². The molecule has 0 aliphatic rings. The molecule has 0 aliphatic carbocycles. The highest BCUT2D eigenvalue weighted by Crippen LogP contribution is 2.19. The van der Waals surface area contributed by atoms with Gasteiger partial charge in [0.25, 0.3) is 0 Å². The van der Waals surface area contributed by atoms with Crippen molar-refractivity contribution in [3.05, 3.63) is 70.8 Å². The second-order valence-corrected chi connectivity index (χ2v) is 5.77. The zero-order valence-corrected chi connectivity index (χ0v) is 14.0. The molecule has 0 atom stereocenters. The first kappa shape index (κ1) is 17.1. The normalized spacial score (nSPS) is 10.6. The summed E-state index contributed by atoms with van der Waals surface area (Å²) in [5.74, 6) is -0.131. The number of nitrogens with one attached hydrogen (secondary N) is 1. The van der Waals surface area contributed by atoms with E-state index in [1.54, 1.807) is 24.3 Å². The van der Waals surface area contributed by atoms with E-state index in [0.717, 1.165) is 5.56 Å².